The van der Waals surface area contributed by atoms with Gasteiger partial charge in [-0.15, -0.1) is 10.2 Å². The lowest BCUT2D eigenvalue weighted by atomic mass is 9.73. The minimum atomic E-state index is -3.28. The van der Waals surface area contributed by atoms with Gasteiger partial charge in [-0.2, -0.15) is 0 Å². The van der Waals surface area contributed by atoms with Crippen molar-refractivity contribution in [2.24, 2.45) is 0 Å². The van der Waals surface area contributed by atoms with Gasteiger partial charge in [0.25, 0.3) is 0 Å². The van der Waals surface area contributed by atoms with E-state index in [0.717, 1.165) is 37.8 Å². The van der Waals surface area contributed by atoms with E-state index in [1.165, 1.54) is 51.4 Å². The molecule has 0 spiro atoms. The van der Waals surface area contributed by atoms with Gasteiger partial charge in [-0.1, -0.05) is 131 Å². The first-order valence-corrected chi connectivity index (χ1v) is 21.6. The molecule has 1 aliphatic carbocycles. The fourth-order valence-corrected chi connectivity index (χ4v) is 8.78. The summed E-state index contributed by atoms with van der Waals surface area (Å²) in [7, 11) is -3.28. The first-order chi connectivity index (χ1) is 23.4. The zero-order valence-electron chi connectivity index (χ0n) is 32.7. The Morgan fingerprint density at radius 2 is 1.44 bits per heavy atom. The summed E-state index contributed by atoms with van der Waals surface area (Å²) in [5, 5.41) is 16.3. The molecule has 2 heterocycles. The molecule has 1 atom stereocenters. The molecule has 2 aromatic rings. The van der Waals surface area contributed by atoms with Gasteiger partial charge in [-0.25, -0.2) is 17.7 Å². The Balaban J connectivity index is 1.68. The van der Waals surface area contributed by atoms with Crippen LogP contribution in [0.3, 0.4) is 0 Å². The van der Waals surface area contributed by atoms with Crippen LogP contribution in [0.15, 0.2) is 0 Å². The van der Waals surface area contributed by atoms with Crippen LogP contribution in [0.1, 0.15) is 183 Å². The van der Waals surface area contributed by atoms with E-state index < -0.39 is 27.1 Å². The summed E-state index contributed by atoms with van der Waals surface area (Å²) in [6.45, 7) is 18.7. The maximum atomic E-state index is 14.1. The summed E-state index contributed by atoms with van der Waals surface area (Å²) in [4.78, 5) is 14.1. The molecule has 1 aliphatic rings. The largest absolute Gasteiger partial charge is 0.365 e. The van der Waals surface area contributed by atoms with Crippen molar-refractivity contribution in [2.45, 2.75) is 206 Å². The van der Waals surface area contributed by atoms with Crippen LogP contribution >= 0.6 is 11.6 Å². The van der Waals surface area contributed by atoms with Gasteiger partial charge in [-0.05, 0) is 52.4 Å². The number of nitrogens with one attached hydrogen (secondary N) is 3. The van der Waals surface area contributed by atoms with Gasteiger partial charge in [-0.3, -0.25) is 9.89 Å². The third-order valence-corrected chi connectivity index (χ3v) is 12.7. The van der Waals surface area contributed by atoms with E-state index in [9.17, 15) is 13.2 Å². The van der Waals surface area contributed by atoms with Gasteiger partial charge in [0.15, 0.2) is 11.5 Å². The molecule has 12 heteroatoms. The number of hydrogen-bond donors (Lipinski definition) is 3. The summed E-state index contributed by atoms with van der Waals surface area (Å²) < 4.78 is 36.4. The van der Waals surface area contributed by atoms with Crippen molar-refractivity contribution in [1.29, 1.82) is 0 Å². The summed E-state index contributed by atoms with van der Waals surface area (Å²) in [6.07, 6.45) is 16.6. The Morgan fingerprint density at radius 1 is 0.880 bits per heavy atom. The van der Waals surface area contributed by atoms with Crippen molar-refractivity contribution in [2.75, 3.05) is 5.75 Å². The van der Waals surface area contributed by atoms with Gasteiger partial charge in [0.1, 0.15) is 11.1 Å². The molecule has 0 radical (unpaired) electrons. The van der Waals surface area contributed by atoms with Crippen LogP contribution in [0.4, 0.5) is 0 Å². The maximum absolute atomic E-state index is 14.1. The first-order valence-electron chi connectivity index (χ1n) is 19.5. The van der Waals surface area contributed by atoms with Crippen LogP contribution in [0.25, 0.3) is 5.65 Å². The molecule has 0 saturated heterocycles. The third kappa shape index (κ3) is 11.9. The van der Waals surface area contributed by atoms with Crippen molar-refractivity contribution in [1.82, 2.24) is 29.9 Å². The normalized spacial score (nSPS) is 18.5. The van der Waals surface area contributed by atoms with Gasteiger partial charge in [0, 0.05) is 22.4 Å². The lowest BCUT2D eigenvalue weighted by Gasteiger charge is -2.41. The predicted octanol–water partition coefficient (Wildman–Crippen LogP) is 8.91. The number of aromatic amines is 1. The van der Waals surface area contributed by atoms with E-state index >= 15 is 0 Å². The minimum Gasteiger partial charge on any atom is -0.365 e. The van der Waals surface area contributed by atoms with E-state index in [1.807, 2.05) is 25.3 Å². The predicted molar refractivity (Wildman–Crippen MR) is 206 cm³/mol. The van der Waals surface area contributed by atoms with Gasteiger partial charge in [0.2, 0.25) is 15.9 Å². The summed E-state index contributed by atoms with van der Waals surface area (Å²) >= 11 is 6.74. The van der Waals surface area contributed by atoms with Crippen LogP contribution in [-0.2, 0) is 30.4 Å². The summed E-state index contributed by atoms with van der Waals surface area (Å²) in [5.41, 5.74) is -0.107. The molecule has 1 saturated carbocycles. The SMILES string of the molecule is CCCCCCCCCCCCC(OC1CCC(NS(=O)(=O)CCCC)CC1)C(=O)NC(C)(C)C(C)(C)c1nnc2c(Cl)c(C(C)(C)C)[nH]n12. The third-order valence-electron chi connectivity index (χ3n) is 10.9. The zero-order valence-corrected chi connectivity index (χ0v) is 34.3. The first kappa shape index (κ1) is 42.7. The fraction of sp³-hybridized carbons (Fsp3) is 0.868. The second-order valence-corrected chi connectivity index (χ2v) is 19.1. The number of amides is 1. The lowest BCUT2D eigenvalue weighted by molar-refractivity contribution is -0.141. The second kappa shape index (κ2) is 18.9. The molecular weight excluding hydrogens is 672 g/mol. The highest BCUT2D eigenvalue weighted by Gasteiger charge is 2.45. The van der Waals surface area contributed by atoms with E-state index in [1.54, 1.807) is 0 Å². The Bertz CT molecular complexity index is 1440. The van der Waals surface area contributed by atoms with E-state index in [2.05, 4.69) is 66.9 Å². The van der Waals surface area contributed by atoms with E-state index in [-0.39, 0.29) is 29.2 Å². The molecule has 288 valence electrons. The molecule has 0 aliphatic heterocycles. The lowest BCUT2D eigenvalue weighted by Crippen LogP contribution is -2.59. The number of carbonyl (C=O) groups is 1. The number of carbonyl (C=O) groups excluding carboxylic acids is 1. The quantitative estimate of drug-likeness (QED) is 0.103. The molecule has 1 amide bonds. The van der Waals surface area contributed by atoms with Crippen molar-refractivity contribution in [3.05, 3.63) is 16.5 Å². The average molecular weight is 742 g/mol. The molecular formula is C38H69ClN6O4S. The van der Waals surface area contributed by atoms with Crippen molar-refractivity contribution in [3.8, 4) is 0 Å². The van der Waals surface area contributed by atoms with E-state index in [0.29, 0.717) is 42.2 Å². The number of nitrogens with zero attached hydrogens (tertiary/aromatic N) is 3. The number of aromatic nitrogens is 4. The molecule has 1 unspecified atom stereocenters. The van der Waals surface area contributed by atoms with Crippen molar-refractivity contribution in [3.63, 3.8) is 0 Å². The Kier molecular flexibility index (Phi) is 16.1. The Morgan fingerprint density at radius 3 is 2.00 bits per heavy atom. The number of ether oxygens (including phenoxy) is 1. The van der Waals surface area contributed by atoms with Crippen molar-refractivity contribution < 1.29 is 17.9 Å². The Labute approximate surface area is 308 Å². The van der Waals surface area contributed by atoms with Crippen LogP contribution in [0.2, 0.25) is 5.02 Å². The van der Waals surface area contributed by atoms with Crippen molar-refractivity contribution >= 4 is 33.2 Å². The molecule has 3 N–H and O–H groups in total. The van der Waals surface area contributed by atoms with Crippen LogP contribution in [0.5, 0.6) is 0 Å². The summed E-state index contributed by atoms with van der Waals surface area (Å²) in [5.74, 6) is 0.728. The van der Waals surface area contributed by atoms with Gasteiger partial charge in [0.05, 0.1) is 17.6 Å². The monoisotopic (exact) mass is 740 g/mol. The van der Waals surface area contributed by atoms with Crippen LogP contribution in [-0.4, -0.2) is 63.7 Å². The molecule has 0 aromatic carbocycles. The maximum Gasteiger partial charge on any atom is 0.249 e. The standard InChI is InChI=1S/C38H69ClN6O4S/c1-10-12-14-15-16-17-18-19-20-21-22-30(49-29-25-23-28(24-26-29)44-50(47,48)27-13-11-2)34(46)40-38(8,9)37(6,7)35-42-41-33-31(39)32(36(3,4)5)43-45(33)35/h28-30,43-44H,10-27H2,1-9H3,(H,40,46). The number of H-pyrrole nitrogens is 1. The molecule has 50 heavy (non-hydrogen) atoms. The molecule has 2 aromatic heterocycles. The van der Waals surface area contributed by atoms with E-state index in [4.69, 9.17) is 16.3 Å². The minimum absolute atomic E-state index is 0.0778. The number of hydrogen-bond acceptors (Lipinski definition) is 6. The highest BCUT2D eigenvalue weighted by Crippen LogP contribution is 2.37. The number of unbranched alkanes of at least 4 members (excludes halogenated alkanes) is 10. The fourth-order valence-electron chi connectivity index (χ4n) is 6.81. The summed E-state index contributed by atoms with van der Waals surface area (Å²) in [6, 6.07) is -0.0778. The number of halogens is 1. The number of fused-ring (bicyclic) bond motifs is 1. The zero-order chi connectivity index (χ0) is 37.2. The number of rotatable bonds is 22. The molecule has 10 nitrogen and oxygen atoms in total. The molecule has 0 bridgehead atoms. The van der Waals surface area contributed by atoms with Crippen LogP contribution < -0.4 is 10.0 Å². The highest BCUT2D eigenvalue weighted by atomic mass is 35.5. The topological polar surface area (TPSA) is 130 Å². The Hall–Kier alpha value is -1.69. The second-order valence-electron chi connectivity index (χ2n) is 16.8. The number of sulfonamides is 1. The van der Waals surface area contributed by atoms with Crippen LogP contribution in [0, 0.1) is 0 Å². The highest BCUT2D eigenvalue weighted by molar-refractivity contribution is 7.89. The smallest absolute Gasteiger partial charge is 0.249 e. The average Bonchev–Trinajstić information content (AvgIpc) is 3.61. The molecule has 1 fully saturated rings. The van der Waals surface area contributed by atoms with Gasteiger partial charge < -0.3 is 10.1 Å². The van der Waals surface area contributed by atoms with Gasteiger partial charge >= 0.3 is 0 Å². The molecule has 3 rings (SSSR count).